The first-order chi connectivity index (χ1) is 11.2. The lowest BCUT2D eigenvalue weighted by Crippen LogP contribution is -2.34. The van der Waals surface area contributed by atoms with Crippen molar-refractivity contribution in [1.82, 2.24) is 10.3 Å². The Kier molecular flexibility index (Phi) is 4.78. The van der Waals surface area contributed by atoms with Gasteiger partial charge in [-0.15, -0.1) is 11.3 Å². The molecule has 0 atom stereocenters. The number of nitrogens with zero attached hydrogens (tertiary/aromatic N) is 2. The number of thiophene rings is 1. The number of hydrogen-bond acceptors (Lipinski definition) is 6. The number of anilines is 1. The van der Waals surface area contributed by atoms with E-state index < -0.39 is 0 Å². The molecule has 120 valence electrons. The zero-order valence-electron chi connectivity index (χ0n) is 12.9. The van der Waals surface area contributed by atoms with Crippen LogP contribution in [0.15, 0.2) is 35.7 Å². The first kappa shape index (κ1) is 15.8. The van der Waals surface area contributed by atoms with Gasteiger partial charge in [-0.1, -0.05) is 23.5 Å². The maximum Gasteiger partial charge on any atom is 0.239 e. The number of carbonyl (C=O) groups is 1. The summed E-state index contributed by atoms with van der Waals surface area (Å²) in [6.07, 6.45) is 0. The van der Waals surface area contributed by atoms with Crippen molar-refractivity contribution in [1.29, 1.82) is 0 Å². The van der Waals surface area contributed by atoms with Crippen molar-refractivity contribution in [2.45, 2.75) is 6.54 Å². The molecule has 23 heavy (non-hydrogen) atoms. The maximum absolute atomic E-state index is 12.1. The van der Waals surface area contributed by atoms with Crippen LogP contribution in [0.1, 0.15) is 4.88 Å². The van der Waals surface area contributed by atoms with Gasteiger partial charge in [0.2, 0.25) is 5.91 Å². The third-order valence-electron chi connectivity index (χ3n) is 3.34. The molecule has 0 spiro atoms. The van der Waals surface area contributed by atoms with Gasteiger partial charge in [0.05, 0.1) is 24.9 Å². The van der Waals surface area contributed by atoms with Crippen molar-refractivity contribution in [3.8, 4) is 5.75 Å². The lowest BCUT2D eigenvalue weighted by Gasteiger charge is -2.14. The molecular formula is C16H17N3O2S2. The van der Waals surface area contributed by atoms with E-state index in [1.54, 1.807) is 29.8 Å². The lowest BCUT2D eigenvalue weighted by molar-refractivity contribution is -0.119. The largest absolute Gasteiger partial charge is 0.494 e. The molecule has 0 fully saturated rings. The van der Waals surface area contributed by atoms with E-state index in [2.05, 4.69) is 10.3 Å². The second-order valence-electron chi connectivity index (χ2n) is 5.02. The van der Waals surface area contributed by atoms with E-state index in [9.17, 15) is 4.79 Å². The predicted octanol–water partition coefficient (Wildman–Crippen LogP) is 3.12. The van der Waals surface area contributed by atoms with Crippen molar-refractivity contribution < 1.29 is 9.53 Å². The van der Waals surface area contributed by atoms with E-state index in [0.29, 0.717) is 6.54 Å². The number of likely N-dealkylation sites (N-methyl/N-ethyl adjacent to an activating group) is 1. The van der Waals surface area contributed by atoms with Crippen LogP contribution in [0.4, 0.5) is 5.13 Å². The molecule has 0 aliphatic heterocycles. The average Bonchev–Trinajstić information content (AvgIpc) is 3.21. The Labute approximate surface area is 142 Å². The fraction of sp³-hybridized carbons (Fsp3) is 0.250. The van der Waals surface area contributed by atoms with Gasteiger partial charge in [-0.25, -0.2) is 4.98 Å². The number of aromatic nitrogens is 1. The molecule has 2 heterocycles. The van der Waals surface area contributed by atoms with Gasteiger partial charge in [-0.3, -0.25) is 4.79 Å². The van der Waals surface area contributed by atoms with Gasteiger partial charge in [0.1, 0.15) is 11.3 Å². The molecule has 1 N–H and O–H groups in total. The van der Waals surface area contributed by atoms with E-state index in [1.807, 2.05) is 47.7 Å². The number of ether oxygens (including phenoxy) is 1. The predicted molar refractivity (Wildman–Crippen MR) is 95.6 cm³/mol. The standard InChI is InChI=1S/C16H17N3O2S2/c1-19(10-14(20)17-9-11-5-4-8-22-11)16-18-15-12(21-2)6-3-7-13(15)23-16/h3-8H,9-10H2,1-2H3,(H,17,20). The first-order valence-electron chi connectivity index (χ1n) is 7.11. The van der Waals surface area contributed by atoms with Crippen LogP contribution < -0.4 is 15.0 Å². The number of benzene rings is 1. The smallest absolute Gasteiger partial charge is 0.239 e. The molecule has 0 aliphatic carbocycles. The van der Waals surface area contributed by atoms with Gasteiger partial charge in [0.15, 0.2) is 5.13 Å². The Hall–Kier alpha value is -2.12. The minimum absolute atomic E-state index is 0.0212. The monoisotopic (exact) mass is 347 g/mol. The Morgan fingerprint density at radius 2 is 2.22 bits per heavy atom. The topological polar surface area (TPSA) is 54.5 Å². The highest BCUT2D eigenvalue weighted by atomic mass is 32.1. The zero-order chi connectivity index (χ0) is 16.2. The van der Waals surface area contributed by atoms with Crippen LogP contribution in [0.25, 0.3) is 10.2 Å². The van der Waals surface area contributed by atoms with E-state index >= 15 is 0 Å². The number of thiazole rings is 1. The van der Waals surface area contributed by atoms with Crippen LogP contribution in [0, 0.1) is 0 Å². The van der Waals surface area contributed by atoms with Crippen molar-refractivity contribution in [2.24, 2.45) is 0 Å². The zero-order valence-corrected chi connectivity index (χ0v) is 14.5. The maximum atomic E-state index is 12.1. The van der Waals surface area contributed by atoms with Crippen LogP contribution in [0.2, 0.25) is 0 Å². The molecule has 0 saturated heterocycles. The van der Waals surface area contributed by atoms with E-state index in [0.717, 1.165) is 26.0 Å². The summed E-state index contributed by atoms with van der Waals surface area (Å²) in [6, 6.07) is 9.82. The van der Waals surface area contributed by atoms with Crippen LogP contribution in [0.3, 0.4) is 0 Å². The van der Waals surface area contributed by atoms with Gasteiger partial charge in [-0.05, 0) is 23.6 Å². The number of rotatable bonds is 6. The van der Waals surface area contributed by atoms with Crippen LogP contribution in [0.5, 0.6) is 5.75 Å². The quantitative estimate of drug-likeness (QED) is 0.744. The van der Waals surface area contributed by atoms with E-state index in [1.165, 1.54) is 0 Å². The summed E-state index contributed by atoms with van der Waals surface area (Å²) in [5.41, 5.74) is 0.834. The molecule has 3 rings (SSSR count). The number of carbonyl (C=O) groups excluding carboxylic acids is 1. The molecule has 1 aromatic carbocycles. The second-order valence-corrected chi connectivity index (χ2v) is 7.06. The highest BCUT2D eigenvalue weighted by Gasteiger charge is 2.14. The van der Waals surface area contributed by atoms with Gasteiger partial charge >= 0.3 is 0 Å². The van der Waals surface area contributed by atoms with Crippen LogP contribution in [-0.2, 0) is 11.3 Å². The van der Waals surface area contributed by atoms with Gasteiger partial charge < -0.3 is 15.0 Å². The summed E-state index contributed by atoms with van der Waals surface area (Å²) in [4.78, 5) is 19.7. The molecule has 0 bridgehead atoms. The number of methoxy groups -OCH3 is 1. The fourth-order valence-electron chi connectivity index (χ4n) is 2.18. The second kappa shape index (κ2) is 6.97. The summed E-state index contributed by atoms with van der Waals surface area (Å²) in [5.74, 6) is 0.729. The number of fused-ring (bicyclic) bond motifs is 1. The van der Waals surface area contributed by atoms with Gasteiger partial charge in [0.25, 0.3) is 0 Å². The Morgan fingerprint density at radius 1 is 1.35 bits per heavy atom. The minimum atomic E-state index is -0.0212. The Bertz CT molecular complexity index is 799. The third kappa shape index (κ3) is 3.62. The summed E-state index contributed by atoms with van der Waals surface area (Å²) in [7, 11) is 3.50. The number of para-hydroxylation sites is 1. The summed E-state index contributed by atoms with van der Waals surface area (Å²) >= 11 is 3.18. The van der Waals surface area contributed by atoms with Crippen molar-refractivity contribution >= 4 is 43.9 Å². The molecule has 5 nitrogen and oxygen atoms in total. The van der Waals surface area contributed by atoms with Crippen molar-refractivity contribution in [3.05, 3.63) is 40.6 Å². The van der Waals surface area contributed by atoms with Crippen LogP contribution in [-0.4, -0.2) is 31.6 Å². The molecule has 0 saturated carbocycles. The highest BCUT2D eigenvalue weighted by molar-refractivity contribution is 7.22. The minimum Gasteiger partial charge on any atom is -0.494 e. The van der Waals surface area contributed by atoms with Gasteiger partial charge in [0, 0.05) is 11.9 Å². The number of amides is 1. The number of hydrogen-bond donors (Lipinski definition) is 1. The SMILES string of the molecule is COc1cccc2sc(N(C)CC(=O)NCc3cccs3)nc12. The molecule has 0 aliphatic rings. The van der Waals surface area contributed by atoms with E-state index in [-0.39, 0.29) is 12.5 Å². The highest BCUT2D eigenvalue weighted by Crippen LogP contribution is 2.33. The van der Waals surface area contributed by atoms with Crippen LogP contribution >= 0.6 is 22.7 Å². The Balaban J connectivity index is 1.65. The first-order valence-corrected chi connectivity index (χ1v) is 8.81. The third-order valence-corrected chi connectivity index (χ3v) is 5.35. The molecule has 0 radical (unpaired) electrons. The summed E-state index contributed by atoms with van der Waals surface area (Å²) in [6.45, 7) is 0.839. The summed E-state index contributed by atoms with van der Waals surface area (Å²) in [5, 5.41) is 5.73. The average molecular weight is 347 g/mol. The lowest BCUT2D eigenvalue weighted by atomic mass is 10.3. The van der Waals surface area contributed by atoms with E-state index in [4.69, 9.17) is 4.74 Å². The fourth-order valence-corrected chi connectivity index (χ4v) is 3.77. The molecule has 1 amide bonds. The normalized spacial score (nSPS) is 10.7. The summed E-state index contributed by atoms with van der Waals surface area (Å²) < 4.78 is 6.38. The molecule has 0 unspecified atom stereocenters. The van der Waals surface area contributed by atoms with Crippen molar-refractivity contribution in [3.63, 3.8) is 0 Å². The Morgan fingerprint density at radius 3 is 2.96 bits per heavy atom. The molecule has 7 heteroatoms. The van der Waals surface area contributed by atoms with Gasteiger partial charge in [-0.2, -0.15) is 0 Å². The molecular weight excluding hydrogens is 330 g/mol. The number of nitrogens with one attached hydrogen (secondary N) is 1. The van der Waals surface area contributed by atoms with Crippen molar-refractivity contribution in [2.75, 3.05) is 25.6 Å². The molecule has 3 aromatic rings. The molecule has 2 aromatic heterocycles.